The highest BCUT2D eigenvalue weighted by Crippen LogP contribution is 2.33. The molecule has 0 aromatic carbocycles. The van der Waals surface area contributed by atoms with Crippen LogP contribution in [0, 0.1) is 23.2 Å². The summed E-state index contributed by atoms with van der Waals surface area (Å²) in [5, 5.41) is 0. The molecule has 0 aromatic rings. The molecule has 0 bridgehead atoms. The van der Waals surface area contributed by atoms with E-state index in [2.05, 4.69) is 48.1 Å². The molecule has 114 valence electrons. The molecule has 0 aliphatic rings. The first-order chi connectivity index (χ1) is 8.84. The third kappa shape index (κ3) is 7.74. The first kappa shape index (κ1) is 18.7. The van der Waals surface area contributed by atoms with Crippen LogP contribution in [0.5, 0.6) is 0 Å². The number of hydrogen-bond acceptors (Lipinski definition) is 2. The van der Waals surface area contributed by atoms with Gasteiger partial charge in [0.2, 0.25) is 0 Å². The number of ether oxygens (including phenoxy) is 2. The second-order valence-electron chi connectivity index (χ2n) is 6.83. The van der Waals surface area contributed by atoms with Crippen molar-refractivity contribution in [3.05, 3.63) is 12.7 Å². The maximum atomic E-state index is 5.90. The van der Waals surface area contributed by atoms with Gasteiger partial charge in [-0.15, -0.1) is 6.58 Å². The van der Waals surface area contributed by atoms with Crippen LogP contribution < -0.4 is 0 Å². The van der Waals surface area contributed by atoms with Crippen LogP contribution >= 0.6 is 0 Å². The van der Waals surface area contributed by atoms with E-state index < -0.39 is 0 Å². The fraction of sp³-hybridized carbons (Fsp3) is 0.882. The van der Waals surface area contributed by atoms with Crippen molar-refractivity contribution in [3.63, 3.8) is 0 Å². The standard InChI is InChI=1S/C17H34O2/c1-8-9-17(16(6)7,12-18-10-14(2)3)13-19-11-15(4)5/h8,14-16H,1,9-13H2,2-7H3. The zero-order valence-corrected chi connectivity index (χ0v) is 13.9. The molecule has 0 amide bonds. The number of rotatable bonds is 11. The minimum atomic E-state index is 0.0610. The van der Waals surface area contributed by atoms with Gasteiger partial charge in [-0.25, -0.2) is 0 Å². The first-order valence-electron chi connectivity index (χ1n) is 7.60. The Morgan fingerprint density at radius 1 is 0.895 bits per heavy atom. The van der Waals surface area contributed by atoms with Crippen LogP contribution in [0.3, 0.4) is 0 Å². The lowest BCUT2D eigenvalue weighted by molar-refractivity contribution is -0.0560. The van der Waals surface area contributed by atoms with Crippen molar-refractivity contribution in [1.82, 2.24) is 0 Å². The summed E-state index contributed by atoms with van der Waals surface area (Å²) >= 11 is 0. The smallest absolute Gasteiger partial charge is 0.0550 e. The van der Waals surface area contributed by atoms with Crippen LogP contribution in [0.1, 0.15) is 48.0 Å². The largest absolute Gasteiger partial charge is 0.380 e. The van der Waals surface area contributed by atoms with Gasteiger partial charge in [0.05, 0.1) is 13.2 Å². The molecule has 0 heterocycles. The number of hydrogen-bond donors (Lipinski definition) is 0. The van der Waals surface area contributed by atoms with Crippen molar-refractivity contribution in [2.24, 2.45) is 23.2 Å². The fourth-order valence-corrected chi connectivity index (χ4v) is 2.01. The third-order valence-electron chi connectivity index (χ3n) is 3.46. The van der Waals surface area contributed by atoms with E-state index in [0.717, 1.165) is 32.8 Å². The van der Waals surface area contributed by atoms with E-state index in [-0.39, 0.29) is 5.41 Å². The molecule has 0 radical (unpaired) electrons. The molecule has 0 aliphatic heterocycles. The van der Waals surface area contributed by atoms with E-state index in [1.807, 2.05) is 6.08 Å². The maximum absolute atomic E-state index is 5.90. The molecule has 19 heavy (non-hydrogen) atoms. The Hall–Kier alpha value is -0.340. The van der Waals surface area contributed by atoms with Gasteiger partial charge in [0.1, 0.15) is 0 Å². The van der Waals surface area contributed by atoms with Crippen LogP contribution in [-0.2, 0) is 9.47 Å². The summed E-state index contributed by atoms with van der Waals surface area (Å²) in [6.45, 7) is 20.3. The fourth-order valence-electron chi connectivity index (χ4n) is 2.01. The predicted octanol–water partition coefficient (Wildman–Crippen LogP) is 4.55. The van der Waals surface area contributed by atoms with Crippen molar-refractivity contribution in [1.29, 1.82) is 0 Å². The summed E-state index contributed by atoms with van der Waals surface area (Å²) in [6.07, 6.45) is 2.94. The molecule has 0 unspecified atom stereocenters. The lowest BCUT2D eigenvalue weighted by atomic mass is 9.75. The van der Waals surface area contributed by atoms with Crippen LogP contribution in [0.2, 0.25) is 0 Å². The Labute approximate surface area is 120 Å². The zero-order chi connectivity index (χ0) is 14.9. The van der Waals surface area contributed by atoms with E-state index in [4.69, 9.17) is 9.47 Å². The summed E-state index contributed by atoms with van der Waals surface area (Å²) in [5.41, 5.74) is 0.0610. The normalized spacial score (nSPS) is 12.7. The van der Waals surface area contributed by atoms with Crippen molar-refractivity contribution in [3.8, 4) is 0 Å². The zero-order valence-electron chi connectivity index (χ0n) is 13.9. The lowest BCUT2D eigenvalue weighted by Crippen LogP contribution is -2.38. The van der Waals surface area contributed by atoms with Crippen LogP contribution in [-0.4, -0.2) is 26.4 Å². The molecule has 0 spiro atoms. The third-order valence-corrected chi connectivity index (χ3v) is 3.46. The number of allylic oxidation sites excluding steroid dienone is 1. The van der Waals surface area contributed by atoms with Gasteiger partial charge < -0.3 is 9.47 Å². The quantitative estimate of drug-likeness (QED) is 0.513. The topological polar surface area (TPSA) is 18.5 Å². The minimum Gasteiger partial charge on any atom is -0.380 e. The van der Waals surface area contributed by atoms with Gasteiger partial charge in [0.25, 0.3) is 0 Å². The molecule has 0 saturated heterocycles. The Morgan fingerprint density at radius 2 is 1.32 bits per heavy atom. The average molecular weight is 270 g/mol. The Morgan fingerprint density at radius 3 is 1.58 bits per heavy atom. The molecule has 0 aromatic heterocycles. The molecule has 2 heteroatoms. The van der Waals surface area contributed by atoms with Gasteiger partial charge in [-0.1, -0.05) is 47.6 Å². The monoisotopic (exact) mass is 270 g/mol. The van der Waals surface area contributed by atoms with Crippen molar-refractivity contribution >= 4 is 0 Å². The summed E-state index contributed by atoms with van der Waals surface area (Å²) < 4.78 is 11.8. The molecule has 0 N–H and O–H groups in total. The van der Waals surface area contributed by atoms with Gasteiger partial charge in [-0.3, -0.25) is 0 Å². The van der Waals surface area contributed by atoms with Crippen LogP contribution in [0.15, 0.2) is 12.7 Å². The molecular formula is C17H34O2. The van der Waals surface area contributed by atoms with Crippen LogP contribution in [0.4, 0.5) is 0 Å². The second-order valence-corrected chi connectivity index (χ2v) is 6.83. The predicted molar refractivity (Wildman–Crippen MR) is 83.4 cm³/mol. The molecule has 0 aliphatic carbocycles. The van der Waals surface area contributed by atoms with E-state index >= 15 is 0 Å². The Bertz CT molecular complexity index is 217. The average Bonchev–Trinajstić information content (AvgIpc) is 2.27. The maximum Gasteiger partial charge on any atom is 0.0550 e. The van der Waals surface area contributed by atoms with Gasteiger partial charge in [0, 0.05) is 18.6 Å². The molecule has 0 rings (SSSR count). The summed E-state index contributed by atoms with van der Waals surface area (Å²) in [5.74, 6) is 1.67. The van der Waals surface area contributed by atoms with Gasteiger partial charge >= 0.3 is 0 Å². The molecule has 0 saturated carbocycles. The van der Waals surface area contributed by atoms with E-state index in [1.165, 1.54) is 0 Å². The molecule has 0 atom stereocenters. The van der Waals surface area contributed by atoms with Crippen molar-refractivity contribution < 1.29 is 9.47 Å². The minimum absolute atomic E-state index is 0.0610. The van der Waals surface area contributed by atoms with Gasteiger partial charge in [-0.05, 0) is 24.2 Å². The molecular weight excluding hydrogens is 236 g/mol. The lowest BCUT2D eigenvalue weighted by Gasteiger charge is -2.37. The summed E-state index contributed by atoms with van der Waals surface area (Å²) in [4.78, 5) is 0. The summed E-state index contributed by atoms with van der Waals surface area (Å²) in [6, 6.07) is 0. The first-order valence-corrected chi connectivity index (χ1v) is 7.60. The van der Waals surface area contributed by atoms with E-state index in [9.17, 15) is 0 Å². The SMILES string of the molecule is C=CCC(COCC(C)C)(COCC(C)C)C(C)C. The van der Waals surface area contributed by atoms with Crippen LogP contribution in [0.25, 0.3) is 0 Å². The highest BCUT2D eigenvalue weighted by molar-refractivity contribution is 4.89. The van der Waals surface area contributed by atoms with Gasteiger partial charge in [-0.2, -0.15) is 0 Å². The Balaban J connectivity index is 4.52. The molecule has 0 fully saturated rings. The second kappa shape index (κ2) is 9.55. The Kier molecular flexibility index (Phi) is 9.38. The highest BCUT2D eigenvalue weighted by Gasteiger charge is 2.33. The van der Waals surface area contributed by atoms with E-state index in [1.54, 1.807) is 0 Å². The van der Waals surface area contributed by atoms with Gasteiger partial charge in [0.15, 0.2) is 0 Å². The van der Waals surface area contributed by atoms with Crippen molar-refractivity contribution in [2.45, 2.75) is 48.0 Å². The van der Waals surface area contributed by atoms with E-state index in [0.29, 0.717) is 17.8 Å². The van der Waals surface area contributed by atoms with Crippen molar-refractivity contribution in [2.75, 3.05) is 26.4 Å². The highest BCUT2D eigenvalue weighted by atomic mass is 16.5. The molecule has 2 nitrogen and oxygen atoms in total. The summed E-state index contributed by atoms with van der Waals surface area (Å²) in [7, 11) is 0.